The summed E-state index contributed by atoms with van der Waals surface area (Å²) in [7, 11) is 0. The average Bonchev–Trinajstić information content (AvgIpc) is 3.20. The Morgan fingerprint density at radius 2 is 1.69 bits per heavy atom. The van der Waals surface area contributed by atoms with Gasteiger partial charge >= 0.3 is 0 Å². The minimum atomic E-state index is -0.221. The van der Waals surface area contributed by atoms with E-state index in [1.807, 2.05) is 36.4 Å². The fourth-order valence-corrected chi connectivity index (χ4v) is 4.14. The minimum Gasteiger partial charge on any atom is -0.361 e. The molecule has 2 saturated heterocycles. The number of fused-ring (bicyclic) bond motifs is 1. The van der Waals surface area contributed by atoms with Crippen molar-refractivity contribution in [3.05, 3.63) is 53.4 Å². The van der Waals surface area contributed by atoms with Gasteiger partial charge in [0.15, 0.2) is 0 Å². The predicted molar refractivity (Wildman–Crippen MR) is 92.7 cm³/mol. The maximum absolute atomic E-state index is 12.7. The van der Waals surface area contributed by atoms with Gasteiger partial charge in [-0.2, -0.15) is 0 Å². The molecule has 2 atom stereocenters. The number of carbonyl (C=O) groups excluding carboxylic acids is 2. The molecule has 5 rings (SSSR count). The lowest BCUT2D eigenvalue weighted by molar-refractivity contribution is -0.141. The van der Waals surface area contributed by atoms with E-state index >= 15 is 0 Å². The quantitative estimate of drug-likeness (QED) is 0.773. The Labute approximate surface area is 151 Å². The number of nitrogens with zero attached hydrogens (tertiary/aromatic N) is 3. The van der Waals surface area contributed by atoms with Gasteiger partial charge in [0.1, 0.15) is 5.76 Å². The maximum Gasteiger partial charge on any atom is 0.234 e. The van der Waals surface area contributed by atoms with Crippen molar-refractivity contribution in [1.82, 2.24) is 15.0 Å². The fourth-order valence-electron chi connectivity index (χ4n) is 4.14. The van der Waals surface area contributed by atoms with Gasteiger partial charge in [0.2, 0.25) is 11.8 Å². The van der Waals surface area contributed by atoms with Crippen LogP contribution in [0.2, 0.25) is 0 Å². The summed E-state index contributed by atoms with van der Waals surface area (Å²) >= 11 is 0. The van der Waals surface area contributed by atoms with E-state index in [0.29, 0.717) is 32.1 Å². The molecule has 0 radical (unpaired) electrons. The highest BCUT2D eigenvalue weighted by Gasteiger charge is 2.52. The molecule has 6 heteroatoms. The molecular weight excluding hydrogens is 330 g/mol. The summed E-state index contributed by atoms with van der Waals surface area (Å²) in [4.78, 5) is 29.1. The monoisotopic (exact) mass is 351 g/mol. The highest BCUT2D eigenvalue weighted by Crippen LogP contribution is 2.40. The zero-order chi connectivity index (χ0) is 17.7. The van der Waals surface area contributed by atoms with Gasteiger partial charge in [-0.3, -0.25) is 19.4 Å². The highest BCUT2D eigenvalue weighted by molar-refractivity contribution is 6.05. The molecule has 1 aromatic carbocycles. The van der Waals surface area contributed by atoms with Gasteiger partial charge in [0, 0.05) is 31.6 Å². The second kappa shape index (κ2) is 6.06. The molecule has 0 spiro atoms. The lowest BCUT2D eigenvalue weighted by atomic mass is 10.00. The predicted octanol–water partition coefficient (Wildman–Crippen LogP) is 2.17. The molecule has 0 N–H and O–H groups in total. The average molecular weight is 351 g/mol. The van der Waals surface area contributed by atoms with E-state index in [-0.39, 0.29) is 23.7 Å². The van der Waals surface area contributed by atoms with Gasteiger partial charge < -0.3 is 4.52 Å². The van der Waals surface area contributed by atoms with E-state index in [1.54, 1.807) is 0 Å². The van der Waals surface area contributed by atoms with Crippen LogP contribution in [0.1, 0.15) is 35.8 Å². The molecule has 2 amide bonds. The van der Waals surface area contributed by atoms with Crippen molar-refractivity contribution in [2.75, 3.05) is 13.1 Å². The molecule has 3 fully saturated rings. The molecule has 3 heterocycles. The summed E-state index contributed by atoms with van der Waals surface area (Å²) in [5.41, 5.74) is 1.88. The number of likely N-dealkylation sites (tertiary alicyclic amines) is 2. The summed E-state index contributed by atoms with van der Waals surface area (Å²) in [6, 6.07) is 11.7. The SMILES string of the molecule is O=C1C2CN(Cc3cc(C4CC4)on3)CC2C(=O)N1Cc1ccccc1. The van der Waals surface area contributed by atoms with Crippen LogP contribution in [-0.4, -0.2) is 39.9 Å². The molecule has 2 aliphatic heterocycles. The fraction of sp³-hybridized carbons (Fsp3) is 0.450. The van der Waals surface area contributed by atoms with Gasteiger partial charge in [-0.25, -0.2) is 0 Å². The second-order valence-corrected chi connectivity index (χ2v) is 7.65. The summed E-state index contributed by atoms with van der Waals surface area (Å²) in [6.07, 6.45) is 2.37. The standard InChI is InChI=1S/C20H21N3O3/c24-19-16-11-22(10-15-8-18(26-21-15)14-6-7-14)12-17(16)20(25)23(19)9-13-4-2-1-3-5-13/h1-5,8,14,16-17H,6-7,9-12H2. The topological polar surface area (TPSA) is 66.7 Å². The number of amides is 2. The van der Waals surface area contributed by atoms with Gasteiger partial charge in [0.05, 0.1) is 24.1 Å². The number of carbonyl (C=O) groups is 2. The van der Waals surface area contributed by atoms with Crippen molar-refractivity contribution in [2.45, 2.75) is 31.8 Å². The summed E-state index contributed by atoms with van der Waals surface area (Å²) in [5, 5.41) is 4.15. The number of rotatable bonds is 5. The lowest BCUT2D eigenvalue weighted by Gasteiger charge is -2.19. The first-order valence-electron chi connectivity index (χ1n) is 9.26. The van der Waals surface area contributed by atoms with Gasteiger partial charge in [-0.05, 0) is 18.4 Å². The number of hydrogen-bond donors (Lipinski definition) is 0. The van der Waals surface area contributed by atoms with Crippen molar-refractivity contribution in [1.29, 1.82) is 0 Å². The second-order valence-electron chi connectivity index (χ2n) is 7.65. The van der Waals surface area contributed by atoms with Crippen LogP contribution in [-0.2, 0) is 22.7 Å². The molecule has 0 bridgehead atoms. The number of hydrogen-bond acceptors (Lipinski definition) is 5. The molecule has 134 valence electrons. The molecule has 6 nitrogen and oxygen atoms in total. The van der Waals surface area contributed by atoms with Crippen LogP contribution in [0.15, 0.2) is 40.9 Å². The minimum absolute atomic E-state index is 0.0369. The molecule has 26 heavy (non-hydrogen) atoms. The largest absolute Gasteiger partial charge is 0.361 e. The van der Waals surface area contributed by atoms with Gasteiger partial charge in [-0.15, -0.1) is 0 Å². The summed E-state index contributed by atoms with van der Waals surface area (Å²) in [6.45, 7) is 2.25. The summed E-state index contributed by atoms with van der Waals surface area (Å²) in [5.74, 6) is 1.00. The Kier molecular flexibility index (Phi) is 3.67. The third-order valence-electron chi connectivity index (χ3n) is 5.69. The van der Waals surface area contributed by atoms with E-state index < -0.39 is 0 Å². The number of imide groups is 1. The Hall–Kier alpha value is -2.47. The third-order valence-corrected chi connectivity index (χ3v) is 5.69. The first-order chi connectivity index (χ1) is 12.7. The van der Waals surface area contributed by atoms with E-state index in [0.717, 1.165) is 17.0 Å². The van der Waals surface area contributed by atoms with Crippen LogP contribution in [0.5, 0.6) is 0 Å². The molecular formula is C20H21N3O3. The first kappa shape index (κ1) is 15.8. The Balaban J connectivity index is 1.24. The van der Waals surface area contributed by atoms with Crippen LogP contribution in [0, 0.1) is 11.8 Å². The first-order valence-corrected chi connectivity index (χ1v) is 9.26. The van der Waals surface area contributed by atoms with Gasteiger partial charge in [-0.1, -0.05) is 35.5 Å². The van der Waals surface area contributed by atoms with Crippen molar-refractivity contribution in [3.8, 4) is 0 Å². The Morgan fingerprint density at radius 3 is 2.35 bits per heavy atom. The Bertz CT molecular complexity index is 819. The van der Waals surface area contributed by atoms with Crippen molar-refractivity contribution in [2.24, 2.45) is 11.8 Å². The van der Waals surface area contributed by atoms with Crippen LogP contribution in [0.3, 0.4) is 0 Å². The smallest absolute Gasteiger partial charge is 0.234 e. The van der Waals surface area contributed by atoms with E-state index in [2.05, 4.69) is 10.1 Å². The van der Waals surface area contributed by atoms with E-state index in [4.69, 9.17) is 4.52 Å². The van der Waals surface area contributed by atoms with Crippen LogP contribution < -0.4 is 0 Å². The molecule has 3 aliphatic rings. The molecule has 2 aromatic rings. The molecule has 2 unspecified atom stereocenters. The van der Waals surface area contributed by atoms with Gasteiger partial charge in [0.25, 0.3) is 0 Å². The maximum atomic E-state index is 12.7. The van der Waals surface area contributed by atoms with Crippen molar-refractivity contribution < 1.29 is 14.1 Å². The molecule has 1 aliphatic carbocycles. The zero-order valence-electron chi connectivity index (χ0n) is 14.5. The Morgan fingerprint density at radius 1 is 1.00 bits per heavy atom. The number of aromatic nitrogens is 1. The lowest BCUT2D eigenvalue weighted by Crippen LogP contribution is -2.35. The molecule has 1 saturated carbocycles. The highest BCUT2D eigenvalue weighted by atomic mass is 16.5. The van der Waals surface area contributed by atoms with Crippen molar-refractivity contribution in [3.63, 3.8) is 0 Å². The number of benzene rings is 1. The summed E-state index contributed by atoms with van der Waals surface area (Å²) < 4.78 is 5.40. The van der Waals surface area contributed by atoms with Crippen LogP contribution in [0.25, 0.3) is 0 Å². The van der Waals surface area contributed by atoms with E-state index in [9.17, 15) is 9.59 Å². The van der Waals surface area contributed by atoms with Crippen LogP contribution in [0.4, 0.5) is 0 Å². The van der Waals surface area contributed by atoms with E-state index in [1.165, 1.54) is 17.7 Å². The third kappa shape index (κ3) is 2.74. The van der Waals surface area contributed by atoms with Crippen LogP contribution >= 0.6 is 0 Å². The zero-order valence-corrected chi connectivity index (χ0v) is 14.5. The molecule has 1 aromatic heterocycles. The normalized spacial score (nSPS) is 25.9. The van der Waals surface area contributed by atoms with Crippen molar-refractivity contribution >= 4 is 11.8 Å².